The quantitative estimate of drug-likeness (QED) is 0.301. The molecule has 0 bridgehead atoms. The SMILES string of the molecule is CCOC(=O)c1ccc([N+](=O)[O-])c(NC(=O)CCc2ccc(-c3ccccc3C#N)cc2)c1. The van der Waals surface area contributed by atoms with Gasteiger partial charge in [0.25, 0.3) is 5.69 Å². The van der Waals surface area contributed by atoms with Gasteiger partial charge < -0.3 is 10.1 Å². The van der Waals surface area contributed by atoms with Crippen LogP contribution in [0.3, 0.4) is 0 Å². The standard InChI is InChI=1S/C25H21N3O5/c1-2-33-25(30)19-12-13-23(28(31)32)22(15-19)27-24(29)14-9-17-7-10-18(11-8-17)21-6-4-3-5-20(21)16-26/h3-8,10-13,15H,2,9,14H2,1H3,(H,27,29). The van der Waals surface area contributed by atoms with E-state index in [4.69, 9.17) is 4.74 Å². The van der Waals surface area contributed by atoms with Gasteiger partial charge in [-0.05, 0) is 48.2 Å². The van der Waals surface area contributed by atoms with E-state index in [0.29, 0.717) is 12.0 Å². The number of nitro groups is 1. The number of rotatable bonds is 8. The van der Waals surface area contributed by atoms with E-state index in [1.165, 1.54) is 18.2 Å². The normalized spacial score (nSPS) is 10.2. The summed E-state index contributed by atoms with van der Waals surface area (Å²) in [5.41, 5.74) is 2.96. The number of nitrogens with zero attached hydrogens (tertiary/aromatic N) is 2. The molecule has 0 radical (unpaired) electrons. The van der Waals surface area contributed by atoms with E-state index in [0.717, 1.165) is 16.7 Å². The molecule has 33 heavy (non-hydrogen) atoms. The van der Waals surface area contributed by atoms with Crippen molar-refractivity contribution in [2.45, 2.75) is 19.8 Å². The third kappa shape index (κ3) is 5.80. The number of hydrogen-bond acceptors (Lipinski definition) is 6. The highest BCUT2D eigenvalue weighted by Crippen LogP contribution is 2.27. The lowest BCUT2D eigenvalue weighted by Gasteiger charge is -2.09. The zero-order valence-electron chi connectivity index (χ0n) is 17.9. The molecule has 0 saturated heterocycles. The Morgan fingerprint density at radius 2 is 1.82 bits per heavy atom. The maximum Gasteiger partial charge on any atom is 0.338 e. The van der Waals surface area contributed by atoms with Crippen LogP contribution in [-0.2, 0) is 16.0 Å². The minimum atomic E-state index is -0.624. The molecule has 1 N–H and O–H groups in total. The van der Waals surface area contributed by atoms with Crippen LogP contribution in [0.5, 0.6) is 0 Å². The molecule has 0 spiro atoms. The molecule has 0 atom stereocenters. The number of nitrogens with one attached hydrogen (secondary N) is 1. The smallest absolute Gasteiger partial charge is 0.338 e. The molecule has 0 aliphatic rings. The topological polar surface area (TPSA) is 122 Å². The van der Waals surface area contributed by atoms with Crippen molar-refractivity contribution in [3.05, 3.63) is 93.5 Å². The molecule has 3 aromatic rings. The maximum atomic E-state index is 12.5. The first-order valence-electron chi connectivity index (χ1n) is 10.3. The molecular weight excluding hydrogens is 422 g/mol. The number of benzene rings is 3. The second kappa shape index (κ2) is 10.7. The molecule has 1 amide bonds. The van der Waals surface area contributed by atoms with E-state index in [9.17, 15) is 25.0 Å². The molecule has 3 rings (SSSR count). The van der Waals surface area contributed by atoms with Gasteiger partial charge >= 0.3 is 5.97 Å². The van der Waals surface area contributed by atoms with Gasteiger partial charge in [-0.25, -0.2) is 4.79 Å². The Kier molecular flexibility index (Phi) is 7.50. The highest BCUT2D eigenvalue weighted by atomic mass is 16.6. The first kappa shape index (κ1) is 23.2. The van der Waals surface area contributed by atoms with E-state index in [1.54, 1.807) is 13.0 Å². The third-order valence-corrected chi connectivity index (χ3v) is 4.93. The number of nitro benzene ring substituents is 1. The number of carbonyl (C=O) groups excluding carboxylic acids is 2. The number of hydrogen-bond donors (Lipinski definition) is 1. The average molecular weight is 443 g/mol. The molecular formula is C25H21N3O5. The summed E-state index contributed by atoms with van der Waals surface area (Å²) in [5.74, 6) is -1.04. The van der Waals surface area contributed by atoms with Gasteiger partial charge in [0.2, 0.25) is 5.91 Å². The van der Waals surface area contributed by atoms with Crippen molar-refractivity contribution in [2.75, 3.05) is 11.9 Å². The first-order valence-corrected chi connectivity index (χ1v) is 10.3. The van der Waals surface area contributed by atoms with Crippen LogP contribution >= 0.6 is 0 Å². The molecule has 0 fully saturated rings. The molecule has 0 saturated carbocycles. The van der Waals surface area contributed by atoms with Gasteiger partial charge in [0.15, 0.2) is 0 Å². The fraction of sp³-hybridized carbons (Fsp3) is 0.160. The van der Waals surface area contributed by atoms with E-state index >= 15 is 0 Å². The Morgan fingerprint density at radius 3 is 2.48 bits per heavy atom. The number of anilines is 1. The summed E-state index contributed by atoms with van der Waals surface area (Å²) in [4.78, 5) is 35.1. The van der Waals surface area contributed by atoms with E-state index in [1.807, 2.05) is 42.5 Å². The fourth-order valence-electron chi connectivity index (χ4n) is 3.29. The second-order valence-corrected chi connectivity index (χ2v) is 7.11. The highest BCUT2D eigenvalue weighted by molar-refractivity contribution is 5.97. The number of nitriles is 1. The Hall–Kier alpha value is -4.51. The fourth-order valence-corrected chi connectivity index (χ4v) is 3.29. The number of amides is 1. The molecule has 166 valence electrons. The van der Waals surface area contributed by atoms with Crippen molar-refractivity contribution >= 4 is 23.3 Å². The van der Waals surface area contributed by atoms with E-state index in [-0.39, 0.29) is 30.0 Å². The van der Waals surface area contributed by atoms with Crippen molar-refractivity contribution < 1.29 is 19.2 Å². The van der Waals surface area contributed by atoms with E-state index in [2.05, 4.69) is 11.4 Å². The minimum absolute atomic E-state index is 0.0565. The van der Waals surface area contributed by atoms with Crippen molar-refractivity contribution in [2.24, 2.45) is 0 Å². The second-order valence-electron chi connectivity index (χ2n) is 7.11. The van der Waals surface area contributed by atoms with Crippen LogP contribution in [0, 0.1) is 21.4 Å². The molecule has 0 unspecified atom stereocenters. The number of ether oxygens (including phenoxy) is 1. The van der Waals surface area contributed by atoms with E-state index < -0.39 is 16.8 Å². The van der Waals surface area contributed by atoms with Crippen LogP contribution in [0.15, 0.2) is 66.7 Å². The third-order valence-electron chi connectivity index (χ3n) is 4.93. The molecule has 0 aromatic heterocycles. The maximum absolute atomic E-state index is 12.5. The van der Waals surface area contributed by atoms with Crippen LogP contribution in [0.2, 0.25) is 0 Å². The van der Waals surface area contributed by atoms with Crippen LogP contribution in [-0.4, -0.2) is 23.4 Å². The summed E-state index contributed by atoms with van der Waals surface area (Å²) in [6.07, 6.45) is 0.506. The zero-order valence-corrected chi connectivity index (χ0v) is 17.9. The minimum Gasteiger partial charge on any atom is -0.462 e. The molecule has 8 heteroatoms. The molecule has 0 aliphatic carbocycles. The predicted octanol–water partition coefficient (Wildman–Crippen LogP) is 4.88. The highest BCUT2D eigenvalue weighted by Gasteiger charge is 2.19. The Balaban J connectivity index is 1.68. The summed E-state index contributed by atoms with van der Waals surface area (Å²) < 4.78 is 4.91. The summed E-state index contributed by atoms with van der Waals surface area (Å²) in [5, 5.41) is 23.1. The summed E-state index contributed by atoms with van der Waals surface area (Å²) in [6, 6.07) is 20.7. The summed E-state index contributed by atoms with van der Waals surface area (Å²) in [6.45, 7) is 1.82. The first-order chi connectivity index (χ1) is 15.9. The van der Waals surface area contributed by atoms with Crippen LogP contribution < -0.4 is 5.32 Å². The van der Waals surface area contributed by atoms with Gasteiger partial charge in [0, 0.05) is 12.5 Å². The molecule has 8 nitrogen and oxygen atoms in total. The van der Waals surface area contributed by atoms with Gasteiger partial charge in [0.05, 0.1) is 28.7 Å². The van der Waals surface area contributed by atoms with Crippen LogP contribution in [0.25, 0.3) is 11.1 Å². The van der Waals surface area contributed by atoms with Crippen LogP contribution in [0.4, 0.5) is 11.4 Å². The lowest BCUT2D eigenvalue weighted by atomic mass is 9.98. The Bertz CT molecular complexity index is 1230. The number of aryl methyl sites for hydroxylation is 1. The van der Waals surface area contributed by atoms with Gasteiger partial charge in [-0.15, -0.1) is 0 Å². The number of esters is 1. The zero-order chi connectivity index (χ0) is 23.8. The lowest BCUT2D eigenvalue weighted by Crippen LogP contribution is -2.14. The summed E-state index contributed by atoms with van der Waals surface area (Å²) in [7, 11) is 0. The predicted molar refractivity (Wildman–Crippen MR) is 123 cm³/mol. The Labute approximate surface area is 190 Å². The lowest BCUT2D eigenvalue weighted by molar-refractivity contribution is -0.383. The van der Waals surface area contributed by atoms with Gasteiger partial charge in [0.1, 0.15) is 5.69 Å². The molecule has 3 aromatic carbocycles. The van der Waals surface area contributed by atoms with Crippen molar-refractivity contribution in [1.82, 2.24) is 0 Å². The summed E-state index contributed by atoms with van der Waals surface area (Å²) >= 11 is 0. The monoisotopic (exact) mass is 443 g/mol. The van der Waals surface area contributed by atoms with Crippen molar-refractivity contribution in [3.63, 3.8) is 0 Å². The van der Waals surface area contributed by atoms with Crippen molar-refractivity contribution in [3.8, 4) is 17.2 Å². The van der Waals surface area contributed by atoms with Crippen molar-refractivity contribution in [1.29, 1.82) is 5.26 Å². The van der Waals surface area contributed by atoms with Crippen LogP contribution in [0.1, 0.15) is 34.8 Å². The van der Waals surface area contributed by atoms with Gasteiger partial charge in [-0.3, -0.25) is 14.9 Å². The average Bonchev–Trinajstić information content (AvgIpc) is 2.83. The largest absolute Gasteiger partial charge is 0.462 e. The Morgan fingerprint density at radius 1 is 1.09 bits per heavy atom. The van der Waals surface area contributed by atoms with Gasteiger partial charge in [-0.2, -0.15) is 5.26 Å². The molecule has 0 aliphatic heterocycles. The number of carbonyl (C=O) groups is 2. The van der Waals surface area contributed by atoms with Gasteiger partial charge in [-0.1, -0.05) is 42.5 Å². The molecule has 0 heterocycles.